The van der Waals surface area contributed by atoms with Gasteiger partial charge < -0.3 is 33.4 Å². The molecule has 11 heteroatoms. The number of aromatic nitrogens is 2. The molecule has 218 valence electrons. The summed E-state index contributed by atoms with van der Waals surface area (Å²) in [5, 5.41) is 6.74. The molecular formula is C32H28N4O7. The van der Waals surface area contributed by atoms with Gasteiger partial charge in [-0.1, -0.05) is 36.4 Å². The van der Waals surface area contributed by atoms with Gasteiger partial charge >= 0.3 is 6.09 Å². The zero-order valence-corrected chi connectivity index (χ0v) is 23.6. The van der Waals surface area contributed by atoms with Crippen molar-refractivity contribution in [3.05, 3.63) is 59.7 Å². The van der Waals surface area contributed by atoms with E-state index in [1.807, 2.05) is 55.5 Å². The summed E-state index contributed by atoms with van der Waals surface area (Å²) >= 11 is 0. The first kappa shape index (κ1) is 25.1. The van der Waals surface area contributed by atoms with Crippen molar-refractivity contribution in [3.63, 3.8) is 0 Å². The number of hydrogen-bond acceptors (Lipinski definition) is 7. The number of carbonyl (C=O) groups is 3. The maximum atomic E-state index is 14.4. The van der Waals surface area contributed by atoms with Crippen LogP contribution in [0, 0.1) is 0 Å². The number of hydrogen-bond donors (Lipinski definition) is 1. The molecule has 2 fully saturated rings. The summed E-state index contributed by atoms with van der Waals surface area (Å²) < 4.78 is 27.9. The lowest BCUT2D eigenvalue weighted by molar-refractivity contribution is -0.178. The first-order valence-electron chi connectivity index (χ1n) is 14.5. The molecule has 0 aliphatic carbocycles. The summed E-state index contributed by atoms with van der Waals surface area (Å²) in [6.45, 7) is 3.22. The van der Waals surface area contributed by atoms with Crippen LogP contribution in [0.5, 0.6) is 0 Å². The number of fused-ring (bicyclic) bond motifs is 14. The molecule has 2 aromatic heterocycles. The Morgan fingerprint density at radius 3 is 2.49 bits per heavy atom. The Morgan fingerprint density at radius 2 is 1.70 bits per heavy atom. The van der Waals surface area contributed by atoms with E-state index >= 15 is 0 Å². The van der Waals surface area contributed by atoms with Crippen LogP contribution in [0.3, 0.4) is 0 Å². The molecule has 4 aliphatic rings. The third kappa shape index (κ3) is 2.83. The molecule has 3 aromatic carbocycles. The van der Waals surface area contributed by atoms with Crippen molar-refractivity contribution in [3.8, 4) is 0 Å². The Bertz CT molecular complexity index is 2100. The van der Waals surface area contributed by atoms with Crippen LogP contribution in [-0.4, -0.2) is 71.0 Å². The Balaban J connectivity index is 1.35. The minimum absolute atomic E-state index is 0.0558. The van der Waals surface area contributed by atoms with Crippen molar-refractivity contribution in [1.29, 1.82) is 0 Å². The zero-order chi connectivity index (χ0) is 29.2. The summed E-state index contributed by atoms with van der Waals surface area (Å²) in [5.74, 6) is -0.546. The van der Waals surface area contributed by atoms with Gasteiger partial charge in [0.25, 0.3) is 11.8 Å². The Labute approximate surface area is 244 Å². The average Bonchev–Trinajstić information content (AvgIpc) is 3.75. The van der Waals surface area contributed by atoms with Crippen LogP contribution in [0.25, 0.3) is 43.6 Å². The second-order valence-corrected chi connectivity index (χ2v) is 11.7. The standard InChI is InChI=1S/C32H28N4O7/c1-31-32(29(38)34(30(39)43-32)11-12-41-14-13-40-2)15-22(42-31)35-20-9-5-3-7-17(20)24-25-19(16-33-28(25)37)23-18-8-4-6-10-21(18)36(31)27(23)26(24)35/h3-10,22H,11-16H2,1-2H3,(H,33,37)/t22-,31+,32-/m1/s1. The molecule has 4 aliphatic heterocycles. The lowest BCUT2D eigenvalue weighted by Crippen LogP contribution is -2.56. The largest absolute Gasteiger partial charge is 0.427 e. The number of nitrogens with zero attached hydrogens (tertiary/aromatic N) is 3. The fourth-order valence-electron chi connectivity index (χ4n) is 8.00. The van der Waals surface area contributed by atoms with Gasteiger partial charge in [-0.15, -0.1) is 0 Å². The number of nitrogens with one attached hydrogen (secondary N) is 1. The van der Waals surface area contributed by atoms with Crippen LogP contribution < -0.4 is 5.32 Å². The quantitative estimate of drug-likeness (QED) is 0.301. The molecule has 2 bridgehead atoms. The van der Waals surface area contributed by atoms with Gasteiger partial charge in [-0.05, 0) is 24.6 Å². The molecular weight excluding hydrogens is 552 g/mol. The normalized spacial score (nSPS) is 25.7. The van der Waals surface area contributed by atoms with Gasteiger partial charge in [-0.25, -0.2) is 9.69 Å². The number of ether oxygens (including phenoxy) is 4. The molecule has 1 N–H and O–H groups in total. The van der Waals surface area contributed by atoms with Crippen molar-refractivity contribution in [2.45, 2.75) is 37.4 Å². The number of amides is 3. The highest BCUT2D eigenvalue weighted by molar-refractivity contribution is 6.31. The van der Waals surface area contributed by atoms with Crippen molar-refractivity contribution >= 4 is 61.5 Å². The number of imide groups is 1. The first-order chi connectivity index (χ1) is 20.9. The zero-order valence-electron chi connectivity index (χ0n) is 23.6. The lowest BCUT2D eigenvalue weighted by Gasteiger charge is -2.37. The van der Waals surface area contributed by atoms with Crippen LogP contribution in [-0.2, 0) is 36.0 Å². The molecule has 5 aromatic rings. The van der Waals surface area contributed by atoms with Crippen LogP contribution in [0.15, 0.2) is 48.5 Å². The van der Waals surface area contributed by atoms with Crippen LogP contribution in [0.1, 0.15) is 35.5 Å². The number of carbonyl (C=O) groups excluding carboxylic acids is 3. The van der Waals surface area contributed by atoms with E-state index in [1.54, 1.807) is 7.11 Å². The molecule has 0 saturated carbocycles. The summed E-state index contributed by atoms with van der Waals surface area (Å²) in [5.41, 5.74) is 2.04. The van der Waals surface area contributed by atoms with Crippen LogP contribution in [0.4, 0.5) is 4.79 Å². The second kappa shape index (κ2) is 8.34. The average molecular weight is 581 g/mol. The summed E-state index contributed by atoms with van der Waals surface area (Å²) in [6, 6.07) is 15.9. The van der Waals surface area contributed by atoms with E-state index in [0.717, 1.165) is 54.1 Å². The van der Waals surface area contributed by atoms with Gasteiger partial charge in [-0.3, -0.25) is 9.59 Å². The van der Waals surface area contributed by atoms with E-state index in [2.05, 4.69) is 14.5 Å². The molecule has 1 spiro atoms. The van der Waals surface area contributed by atoms with E-state index in [0.29, 0.717) is 25.3 Å². The predicted molar refractivity (Wildman–Crippen MR) is 156 cm³/mol. The Kier molecular flexibility index (Phi) is 4.87. The number of rotatable bonds is 6. The summed E-state index contributed by atoms with van der Waals surface area (Å²) in [7, 11) is 1.58. The molecule has 9 rings (SSSR count). The number of methoxy groups -OCH3 is 1. The fourth-order valence-corrected chi connectivity index (χ4v) is 8.00. The number of para-hydroxylation sites is 2. The third-order valence-corrected chi connectivity index (χ3v) is 9.77. The first-order valence-corrected chi connectivity index (χ1v) is 14.5. The molecule has 43 heavy (non-hydrogen) atoms. The van der Waals surface area contributed by atoms with Gasteiger partial charge in [-0.2, -0.15) is 0 Å². The van der Waals surface area contributed by atoms with Gasteiger partial charge in [0, 0.05) is 41.6 Å². The Morgan fingerprint density at radius 1 is 0.953 bits per heavy atom. The van der Waals surface area contributed by atoms with Crippen molar-refractivity contribution in [2.24, 2.45) is 0 Å². The van der Waals surface area contributed by atoms with Crippen molar-refractivity contribution < 1.29 is 33.3 Å². The summed E-state index contributed by atoms with van der Waals surface area (Å²) in [4.78, 5) is 42.4. The van der Waals surface area contributed by atoms with E-state index in [-0.39, 0.29) is 25.5 Å². The topological polar surface area (TPSA) is 113 Å². The minimum atomic E-state index is -1.63. The van der Waals surface area contributed by atoms with Crippen LogP contribution in [0.2, 0.25) is 0 Å². The van der Waals surface area contributed by atoms with E-state index < -0.39 is 29.6 Å². The monoisotopic (exact) mass is 580 g/mol. The highest BCUT2D eigenvalue weighted by Crippen LogP contribution is 2.60. The van der Waals surface area contributed by atoms with Gasteiger partial charge in [0.1, 0.15) is 6.23 Å². The molecule has 0 radical (unpaired) electrons. The number of benzene rings is 3. The third-order valence-electron chi connectivity index (χ3n) is 9.77. The smallest absolute Gasteiger partial charge is 0.417 e. The highest BCUT2D eigenvalue weighted by atomic mass is 16.6. The van der Waals surface area contributed by atoms with Gasteiger partial charge in [0.2, 0.25) is 5.60 Å². The second-order valence-electron chi connectivity index (χ2n) is 11.7. The van der Waals surface area contributed by atoms with Crippen molar-refractivity contribution in [1.82, 2.24) is 19.4 Å². The fraction of sp³-hybridized carbons (Fsp3) is 0.344. The predicted octanol–water partition coefficient (Wildman–Crippen LogP) is 4.13. The van der Waals surface area contributed by atoms with Crippen LogP contribution >= 0.6 is 0 Å². The maximum Gasteiger partial charge on any atom is 0.417 e. The van der Waals surface area contributed by atoms with Gasteiger partial charge in [0.05, 0.1) is 54.0 Å². The Hall–Kier alpha value is -4.45. The van der Waals surface area contributed by atoms with E-state index in [4.69, 9.17) is 18.9 Å². The van der Waals surface area contributed by atoms with Crippen molar-refractivity contribution in [2.75, 3.05) is 33.5 Å². The molecule has 6 heterocycles. The SMILES string of the molecule is COCCOCCN1C(=O)O[C@]2(C[C@H]3O[C@]2(C)n2c4ccccc4c4c5c(c6c7ccccc7n3c6c42)C(=O)NC5)C1=O. The maximum absolute atomic E-state index is 14.4. The molecule has 2 saturated heterocycles. The van der Waals surface area contributed by atoms with Gasteiger partial charge in [0.15, 0.2) is 5.72 Å². The van der Waals surface area contributed by atoms with E-state index in [1.165, 1.54) is 0 Å². The minimum Gasteiger partial charge on any atom is -0.427 e. The molecule has 0 unspecified atom stereocenters. The molecule has 11 nitrogen and oxygen atoms in total. The molecule has 3 atom stereocenters. The molecule has 3 amide bonds. The lowest BCUT2D eigenvalue weighted by atomic mass is 9.87. The highest BCUT2D eigenvalue weighted by Gasteiger charge is 2.72. The van der Waals surface area contributed by atoms with E-state index in [9.17, 15) is 14.4 Å². The summed E-state index contributed by atoms with van der Waals surface area (Å²) in [6.07, 6.45) is -1.25.